The zero-order valence-corrected chi connectivity index (χ0v) is 16.3. The summed E-state index contributed by atoms with van der Waals surface area (Å²) in [6, 6.07) is 8.23. The van der Waals surface area contributed by atoms with Crippen LogP contribution in [-0.2, 0) is 23.2 Å². The van der Waals surface area contributed by atoms with E-state index in [0.717, 1.165) is 17.8 Å². The van der Waals surface area contributed by atoms with Crippen LogP contribution in [0.3, 0.4) is 0 Å². The fourth-order valence-electron chi connectivity index (χ4n) is 4.41. The van der Waals surface area contributed by atoms with Crippen molar-refractivity contribution in [3.05, 3.63) is 75.3 Å². The molecule has 5 nitrogen and oxygen atoms in total. The second kappa shape index (κ2) is 6.25. The average Bonchev–Trinajstić information content (AvgIpc) is 3.16. The first-order valence-electron chi connectivity index (χ1n) is 8.95. The van der Waals surface area contributed by atoms with Crippen LogP contribution in [0.2, 0.25) is 5.02 Å². The van der Waals surface area contributed by atoms with Crippen LogP contribution < -0.4 is 5.32 Å². The first kappa shape index (κ1) is 17.6. The van der Waals surface area contributed by atoms with E-state index < -0.39 is 0 Å². The lowest BCUT2D eigenvalue weighted by Gasteiger charge is -2.14. The van der Waals surface area contributed by atoms with Crippen LogP contribution in [0.4, 0.5) is 10.1 Å². The van der Waals surface area contributed by atoms with E-state index in [-0.39, 0.29) is 29.5 Å². The zero-order chi connectivity index (χ0) is 19.5. The molecule has 0 saturated heterocycles. The third kappa shape index (κ3) is 2.69. The van der Waals surface area contributed by atoms with Crippen molar-refractivity contribution >= 4 is 35.4 Å². The molecule has 5 rings (SSSR count). The molecule has 0 bridgehead atoms. The van der Waals surface area contributed by atoms with Gasteiger partial charge in [0.2, 0.25) is 5.91 Å². The first-order valence-corrected chi connectivity index (χ1v) is 9.73. The Morgan fingerprint density at radius 3 is 3.11 bits per heavy atom. The van der Waals surface area contributed by atoms with E-state index >= 15 is 0 Å². The summed E-state index contributed by atoms with van der Waals surface area (Å²) in [5.74, 6) is -0.266. The number of carbonyl (C=O) groups is 1. The number of nitrogens with one attached hydrogen (secondary N) is 2. The summed E-state index contributed by atoms with van der Waals surface area (Å²) in [6.45, 7) is 0.601. The number of pyridine rings is 1. The summed E-state index contributed by atoms with van der Waals surface area (Å²) in [5.41, 5.74) is 2.75. The number of carbonyl (C=O) groups excluding carboxylic acids is 1. The van der Waals surface area contributed by atoms with Crippen molar-refractivity contribution < 1.29 is 9.18 Å². The molecule has 0 radical (unpaired) electrons. The Bertz CT molecular complexity index is 1160. The van der Waals surface area contributed by atoms with Gasteiger partial charge in [-0.1, -0.05) is 11.6 Å². The summed E-state index contributed by atoms with van der Waals surface area (Å²) in [7, 11) is 0. The number of imidazole rings is 1. The molecular formula is C20H16ClFN4OS. The van der Waals surface area contributed by atoms with E-state index in [1.165, 1.54) is 6.07 Å². The van der Waals surface area contributed by atoms with E-state index in [1.54, 1.807) is 36.7 Å². The molecule has 3 aromatic rings. The molecule has 1 amide bonds. The average molecular weight is 415 g/mol. The number of rotatable bonds is 4. The normalized spacial score (nSPS) is 21.9. The van der Waals surface area contributed by atoms with Crippen LogP contribution in [0, 0.1) is 10.6 Å². The highest BCUT2D eigenvalue weighted by atomic mass is 35.5. The van der Waals surface area contributed by atoms with Crippen LogP contribution in [0.25, 0.3) is 0 Å². The quantitative estimate of drug-likeness (QED) is 0.624. The molecule has 142 valence electrons. The Labute approximate surface area is 170 Å². The monoisotopic (exact) mass is 414 g/mol. The standard InChI is InChI=1S/C20H16ClFN4OS/c21-11-3-4-15(22)13(6-11)20-8-14(20)18-16(25-19(28)26(18)10-20)7-17(27)24-12-2-1-5-23-9-12/h1-6,9,14H,7-8,10H2,(H,24,27)(H,25,28)/t14?,20-/m1/s1. The number of H-pyrrole nitrogens is 1. The Morgan fingerprint density at radius 2 is 2.32 bits per heavy atom. The van der Waals surface area contributed by atoms with E-state index in [9.17, 15) is 9.18 Å². The molecule has 1 aliphatic heterocycles. The summed E-state index contributed by atoms with van der Waals surface area (Å²) < 4.78 is 17.1. The predicted molar refractivity (Wildman–Crippen MR) is 107 cm³/mol. The Hall–Kier alpha value is -2.51. The lowest BCUT2D eigenvalue weighted by atomic mass is 9.93. The number of hydrogen-bond donors (Lipinski definition) is 2. The van der Waals surface area contributed by atoms with Gasteiger partial charge in [-0.2, -0.15) is 0 Å². The number of fused-ring (bicyclic) bond motifs is 3. The van der Waals surface area contributed by atoms with Crippen LogP contribution in [-0.4, -0.2) is 20.4 Å². The molecule has 2 N–H and O–H groups in total. The van der Waals surface area contributed by atoms with Gasteiger partial charge in [-0.25, -0.2) is 4.39 Å². The van der Waals surface area contributed by atoms with E-state index in [0.29, 0.717) is 27.6 Å². The maximum absolute atomic E-state index is 14.5. The van der Waals surface area contributed by atoms with Gasteiger partial charge in [0.1, 0.15) is 5.82 Å². The highest BCUT2D eigenvalue weighted by Crippen LogP contribution is 2.66. The number of anilines is 1. The molecule has 3 heterocycles. The lowest BCUT2D eigenvalue weighted by Crippen LogP contribution is -2.15. The Kier molecular flexibility index (Phi) is 3.93. The second-order valence-electron chi connectivity index (χ2n) is 7.38. The van der Waals surface area contributed by atoms with Crippen molar-refractivity contribution in [2.75, 3.05) is 5.32 Å². The van der Waals surface area contributed by atoms with Crippen molar-refractivity contribution in [3.8, 4) is 0 Å². The van der Waals surface area contributed by atoms with E-state index in [1.807, 2.05) is 4.57 Å². The molecule has 1 fully saturated rings. The number of halogens is 2. The fraction of sp³-hybridized carbons (Fsp3) is 0.250. The predicted octanol–water partition coefficient (Wildman–Crippen LogP) is 4.35. The molecule has 2 aromatic heterocycles. The fourth-order valence-corrected chi connectivity index (χ4v) is 4.87. The zero-order valence-electron chi connectivity index (χ0n) is 14.7. The SMILES string of the molecule is O=C(Cc1[nH]c(=S)n2c1C1C[C@]1(c1cc(Cl)ccc1F)C2)Nc1cccnc1. The van der Waals surface area contributed by atoms with Crippen LogP contribution in [0.1, 0.15) is 29.3 Å². The van der Waals surface area contributed by atoms with E-state index in [4.69, 9.17) is 23.8 Å². The molecular weight excluding hydrogens is 399 g/mol. The summed E-state index contributed by atoms with van der Waals surface area (Å²) in [5, 5.41) is 3.36. The van der Waals surface area contributed by atoms with Crippen molar-refractivity contribution in [2.45, 2.75) is 30.7 Å². The van der Waals surface area contributed by atoms with Crippen LogP contribution in [0.5, 0.6) is 0 Å². The topological polar surface area (TPSA) is 62.7 Å². The largest absolute Gasteiger partial charge is 0.334 e. The molecule has 28 heavy (non-hydrogen) atoms. The summed E-state index contributed by atoms with van der Waals surface area (Å²) >= 11 is 11.6. The molecule has 1 unspecified atom stereocenters. The molecule has 1 saturated carbocycles. The van der Waals surface area contributed by atoms with Gasteiger partial charge in [0, 0.05) is 40.5 Å². The van der Waals surface area contributed by atoms with Crippen LogP contribution in [0.15, 0.2) is 42.7 Å². The molecule has 2 aliphatic rings. The van der Waals surface area contributed by atoms with Gasteiger partial charge < -0.3 is 14.9 Å². The van der Waals surface area contributed by atoms with Gasteiger partial charge in [0.05, 0.1) is 18.3 Å². The van der Waals surface area contributed by atoms with Crippen molar-refractivity contribution in [1.82, 2.24) is 14.5 Å². The number of nitrogens with zero attached hydrogens (tertiary/aromatic N) is 2. The summed E-state index contributed by atoms with van der Waals surface area (Å²) in [6.07, 6.45) is 4.24. The molecule has 0 spiro atoms. The summed E-state index contributed by atoms with van der Waals surface area (Å²) in [4.78, 5) is 19.6. The Morgan fingerprint density at radius 1 is 1.46 bits per heavy atom. The number of hydrogen-bond acceptors (Lipinski definition) is 3. The van der Waals surface area contributed by atoms with E-state index in [2.05, 4.69) is 15.3 Å². The number of aromatic nitrogens is 3. The van der Waals surface area contributed by atoms with Gasteiger partial charge in [-0.05, 0) is 54.5 Å². The maximum Gasteiger partial charge on any atom is 0.230 e. The van der Waals surface area contributed by atoms with Gasteiger partial charge in [0.25, 0.3) is 0 Å². The third-order valence-electron chi connectivity index (χ3n) is 5.70. The molecule has 1 aromatic carbocycles. The maximum atomic E-state index is 14.5. The number of aromatic amines is 1. The number of benzene rings is 1. The second-order valence-corrected chi connectivity index (χ2v) is 8.21. The lowest BCUT2D eigenvalue weighted by molar-refractivity contribution is -0.115. The van der Waals surface area contributed by atoms with Crippen molar-refractivity contribution in [1.29, 1.82) is 0 Å². The smallest absolute Gasteiger partial charge is 0.230 e. The molecule has 2 atom stereocenters. The minimum Gasteiger partial charge on any atom is -0.334 e. The van der Waals surface area contributed by atoms with Gasteiger partial charge in [-0.15, -0.1) is 0 Å². The van der Waals surface area contributed by atoms with Gasteiger partial charge >= 0.3 is 0 Å². The van der Waals surface area contributed by atoms with Crippen molar-refractivity contribution in [2.24, 2.45) is 0 Å². The van der Waals surface area contributed by atoms with Gasteiger partial charge in [-0.3, -0.25) is 9.78 Å². The van der Waals surface area contributed by atoms with Crippen molar-refractivity contribution in [3.63, 3.8) is 0 Å². The molecule has 1 aliphatic carbocycles. The number of amides is 1. The third-order valence-corrected chi connectivity index (χ3v) is 6.25. The highest BCUT2D eigenvalue weighted by molar-refractivity contribution is 7.71. The minimum absolute atomic E-state index is 0.134. The van der Waals surface area contributed by atoms with Gasteiger partial charge in [0.15, 0.2) is 4.77 Å². The van der Waals surface area contributed by atoms with Crippen LogP contribution >= 0.6 is 23.8 Å². The highest BCUT2D eigenvalue weighted by Gasteiger charge is 2.63. The molecule has 8 heteroatoms. The first-order chi connectivity index (χ1) is 13.5. The Balaban J connectivity index is 1.43. The minimum atomic E-state index is -0.318.